The summed E-state index contributed by atoms with van der Waals surface area (Å²) in [6, 6.07) is 0. The van der Waals surface area contributed by atoms with Crippen molar-refractivity contribution in [2.75, 3.05) is 13.2 Å². The topological polar surface area (TPSA) is 41.6 Å². The molecule has 20 heavy (non-hydrogen) atoms. The van der Waals surface area contributed by atoms with Gasteiger partial charge in [0, 0.05) is 6.54 Å². The monoisotopic (exact) mass is 282 g/mol. The van der Waals surface area contributed by atoms with Crippen LogP contribution >= 0.6 is 0 Å². The number of carbonyl (C=O) groups excluding carboxylic acids is 1. The first-order valence-electron chi connectivity index (χ1n) is 8.15. The molecule has 2 aliphatic rings. The van der Waals surface area contributed by atoms with E-state index in [0.29, 0.717) is 25.0 Å². The maximum absolute atomic E-state index is 12.8. The van der Waals surface area contributed by atoms with E-state index in [9.17, 15) is 4.79 Å². The lowest BCUT2D eigenvalue weighted by atomic mass is 9.98. The molecule has 1 N–H and O–H groups in total. The van der Waals surface area contributed by atoms with Gasteiger partial charge in [0.25, 0.3) is 0 Å². The van der Waals surface area contributed by atoms with Crippen LogP contribution in [0.4, 0.5) is 0 Å². The van der Waals surface area contributed by atoms with E-state index in [4.69, 9.17) is 4.74 Å². The summed E-state index contributed by atoms with van der Waals surface area (Å²) in [6.07, 6.45) is 5.78. The van der Waals surface area contributed by atoms with Crippen LogP contribution in [0.15, 0.2) is 0 Å². The fourth-order valence-corrected chi connectivity index (χ4v) is 3.49. The molecule has 1 aliphatic heterocycles. The molecule has 1 amide bonds. The minimum absolute atomic E-state index is 0.191. The summed E-state index contributed by atoms with van der Waals surface area (Å²) in [5.74, 6) is 0.901. The second-order valence-electron chi connectivity index (χ2n) is 7.00. The molecule has 1 aliphatic carbocycles. The molecule has 4 heteroatoms. The second-order valence-corrected chi connectivity index (χ2v) is 7.00. The van der Waals surface area contributed by atoms with E-state index in [1.165, 1.54) is 12.8 Å². The van der Waals surface area contributed by atoms with Crippen molar-refractivity contribution in [1.29, 1.82) is 0 Å². The van der Waals surface area contributed by atoms with Crippen LogP contribution in [0.25, 0.3) is 0 Å². The van der Waals surface area contributed by atoms with Gasteiger partial charge in [0.15, 0.2) is 0 Å². The molecule has 0 aromatic heterocycles. The number of hydrogen-bond donors (Lipinski definition) is 1. The quantitative estimate of drug-likeness (QED) is 0.814. The maximum atomic E-state index is 12.8. The molecule has 1 unspecified atom stereocenters. The summed E-state index contributed by atoms with van der Waals surface area (Å²) in [5, 5.41) is 3.66. The van der Waals surface area contributed by atoms with Gasteiger partial charge in [0.2, 0.25) is 5.91 Å². The summed E-state index contributed by atoms with van der Waals surface area (Å²) >= 11 is 0. The van der Waals surface area contributed by atoms with Crippen molar-refractivity contribution >= 4 is 5.91 Å². The Morgan fingerprint density at radius 3 is 2.50 bits per heavy atom. The molecule has 2 rings (SSSR count). The lowest BCUT2D eigenvalue weighted by Crippen LogP contribution is -2.44. The zero-order chi connectivity index (χ0) is 14.8. The summed E-state index contributed by atoms with van der Waals surface area (Å²) in [4.78, 5) is 14.8. The Morgan fingerprint density at radius 1 is 1.30 bits per heavy atom. The first-order valence-corrected chi connectivity index (χ1v) is 8.15. The van der Waals surface area contributed by atoms with E-state index >= 15 is 0 Å². The highest BCUT2D eigenvalue weighted by Crippen LogP contribution is 2.37. The van der Waals surface area contributed by atoms with E-state index in [-0.39, 0.29) is 17.8 Å². The molecule has 2 fully saturated rings. The van der Waals surface area contributed by atoms with Crippen LogP contribution in [-0.2, 0) is 9.53 Å². The Balaban J connectivity index is 2.02. The van der Waals surface area contributed by atoms with Crippen LogP contribution in [-0.4, -0.2) is 41.8 Å². The molecule has 116 valence electrons. The molecule has 4 nitrogen and oxygen atoms in total. The van der Waals surface area contributed by atoms with Crippen molar-refractivity contribution in [3.05, 3.63) is 0 Å². The van der Waals surface area contributed by atoms with Gasteiger partial charge < -0.3 is 9.64 Å². The van der Waals surface area contributed by atoms with E-state index in [1.807, 2.05) is 18.7 Å². The van der Waals surface area contributed by atoms with Crippen molar-refractivity contribution < 1.29 is 9.53 Å². The van der Waals surface area contributed by atoms with Gasteiger partial charge >= 0.3 is 0 Å². The lowest BCUT2D eigenvalue weighted by Gasteiger charge is -2.25. The van der Waals surface area contributed by atoms with Gasteiger partial charge in [0.1, 0.15) is 0 Å². The molecule has 1 saturated carbocycles. The standard InChI is InChI=1S/C16H30N2O2/c1-12(2)11-14-17-16(7-5-6-8-16)15(19)18(14)9-10-20-13(3)4/h12-14,17H,5-11H2,1-4H3. The fourth-order valence-electron chi connectivity index (χ4n) is 3.49. The summed E-state index contributed by atoms with van der Waals surface area (Å²) < 4.78 is 5.63. The summed E-state index contributed by atoms with van der Waals surface area (Å²) in [6.45, 7) is 9.85. The van der Waals surface area contributed by atoms with Crippen molar-refractivity contribution in [1.82, 2.24) is 10.2 Å². The minimum atomic E-state index is -0.253. The zero-order valence-corrected chi connectivity index (χ0v) is 13.4. The number of rotatable bonds is 6. The van der Waals surface area contributed by atoms with Crippen molar-refractivity contribution in [2.24, 2.45) is 5.92 Å². The Labute approximate surface area is 123 Å². The van der Waals surface area contributed by atoms with Crippen LogP contribution in [0.3, 0.4) is 0 Å². The average Bonchev–Trinajstić information content (AvgIpc) is 2.90. The highest BCUT2D eigenvalue weighted by atomic mass is 16.5. The van der Waals surface area contributed by atoms with Gasteiger partial charge in [-0.25, -0.2) is 0 Å². The largest absolute Gasteiger partial charge is 0.377 e. The number of ether oxygens (including phenoxy) is 1. The highest BCUT2D eigenvalue weighted by Gasteiger charge is 2.51. The number of carbonyl (C=O) groups is 1. The molecular weight excluding hydrogens is 252 g/mol. The molecule has 1 saturated heterocycles. The molecule has 1 spiro atoms. The fraction of sp³-hybridized carbons (Fsp3) is 0.938. The first-order chi connectivity index (χ1) is 9.44. The Hall–Kier alpha value is -0.610. The first kappa shape index (κ1) is 15.8. The van der Waals surface area contributed by atoms with Crippen molar-refractivity contribution in [3.63, 3.8) is 0 Å². The third kappa shape index (κ3) is 3.34. The van der Waals surface area contributed by atoms with Crippen LogP contribution in [0.2, 0.25) is 0 Å². The normalized spacial score (nSPS) is 25.6. The van der Waals surface area contributed by atoms with Crippen LogP contribution < -0.4 is 5.32 Å². The number of amides is 1. The van der Waals surface area contributed by atoms with E-state index < -0.39 is 0 Å². The highest BCUT2D eigenvalue weighted by molar-refractivity contribution is 5.89. The maximum Gasteiger partial charge on any atom is 0.244 e. The van der Waals surface area contributed by atoms with Gasteiger partial charge in [-0.15, -0.1) is 0 Å². The smallest absolute Gasteiger partial charge is 0.244 e. The van der Waals surface area contributed by atoms with Gasteiger partial charge in [0.05, 0.1) is 24.4 Å². The number of nitrogens with one attached hydrogen (secondary N) is 1. The Kier molecular flexibility index (Phi) is 5.08. The predicted octanol–water partition coefficient (Wildman–Crippen LogP) is 2.53. The van der Waals surface area contributed by atoms with Gasteiger partial charge in [-0.2, -0.15) is 0 Å². The minimum Gasteiger partial charge on any atom is -0.377 e. The molecule has 0 aromatic rings. The average molecular weight is 282 g/mol. The Morgan fingerprint density at radius 2 is 1.95 bits per heavy atom. The third-order valence-electron chi connectivity index (χ3n) is 4.42. The number of nitrogens with zero attached hydrogens (tertiary/aromatic N) is 1. The van der Waals surface area contributed by atoms with Crippen molar-refractivity contribution in [3.8, 4) is 0 Å². The Bertz CT molecular complexity index is 335. The second kappa shape index (κ2) is 6.44. The molecule has 0 radical (unpaired) electrons. The predicted molar refractivity (Wildman–Crippen MR) is 80.4 cm³/mol. The van der Waals surface area contributed by atoms with Crippen LogP contribution in [0, 0.1) is 5.92 Å². The lowest BCUT2D eigenvalue weighted by molar-refractivity contribution is -0.134. The zero-order valence-electron chi connectivity index (χ0n) is 13.4. The SMILES string of the molecule is CC(C)CC1NC2(CCCC2)C(=O)N1CCOC(C)C. The van der Waals surface area contributed by atoms with Gasteiger partial charge in [-0.3, -0.25) is 10.1 Å². The molecule has 1 atom stereocenters. The third-order valence-corrected chi connectivity index (χ3v) is 4.42. The van der Waals surface area contributed by atoms with Crippen LogP contribution in [0.1, 0.15) is 59.8 Å². The molecule has 0 aromatic carbocycles. The van der Waals surface area contributed by atoms with Gasteiger partial charge in [-0.05, 0) is 39.0 Å². The number of hydrogen-bond acceptors (Lipinski definition) is 3. The van der Waals surface area contributed by atoms with Crippen LogP contribution in [0.5, 0.6) is 0 Å². The van der Waals surface area contributed by atoms with Gasteiger partial charge in [-0.1, -0.05) is 26.7 Å². The van der Waals surface area contributed by atoms with E-state index in [2.05, 4.69) is 19.2 Å². The molecule has 1 heterocycles. The van der Waals surface area contributed by atoms with Crippen molar-refractivity contribution in [2.45, 2.75) is 77.6 Å². The molecule has 0 bridgehead atoms. The summed E-state index contributed by atoms with van der Waals surface area (Å²) in [7, 11) is 0. The summed E-state index contributed by atoms with van der Waals surface area (Å²) in [5.41, 5.74) is -0.253. The molecular formula is C16H30N2O2. The van der Waals surface area contributed by atoms with E-state index in [0.717, 1.165) is 19.3 Å². The van der Waals surface area contributed by atoms with E-state index in [1.54, 1.807) is 0 Å².